The van der Waals surface area contributed by atoms with Gasteiger partial charge in [0.15, 0.2) is 0 Å². The summed E-state index contributed by atoms with van der Waals surface area (Å²) in [6.45, 7) is 1.52. The molecule has 3 rings (SSSR count). The van der Waals surface area contributed by atoms with Gasteiger partial charge in [0.2, 0.25) is 5.91 Å². The highest BCUT2D eigenvalue weighted by molar-refractivity contribution is 7.99. The number of hydrogen-bond donors (Lipinski definition) is 2. The standard InChI is InChI=1S/C20H16FN3O2S/c1-12-16(21)10-14(19(22)25)11-17(12)24-20(26)13-5-7-15(8-6-13)27-18-4-2-3-9-23-18/h2-11H,1H3,(H2,22,25)(H,24,26). The van der Waals surface area contributed by atoms with E-state index in [4.69, 9.17) is 5.73 Å². The van der Waals surface area contributed by atoms with Gasteiger partial charge in [0.05, 0.1) is 0 Å². The zero-order valence-corrected chi connectivity index (χ0v) is 15.2. The van der Waals surface area contributed by atoms with Crippen molar-refractivity contribution in [3.05, 3.63) is 83.3 Å². The number of primary amides is 1. The van der Waals surface area contributed by atoms with Crippen LogP contribution < -0.4 is 11.1 Å². The number of carbonyl (C=O) groups excluding carboxylic acids is 2. The molecule has 0 aliphatic heterocycles. The van der Waals surface area contributed by atoms with Gasteiger partial charge in [-0.3, -0.25) is 9.59 Å². The first-order valence-electron chi connectivity index (χ1n) is 8.04. The maximum Gasteiger partial charge on any atom is 0.255 e. The van der Waals surface area contributed by atoms with E-state index in [1.165, 1.54) is 24.8 Å². The van der Waals surface area contributed by atoms with Crippen molar-refractivity contribution in [2.75, 3.05) is 5.32 Å². The third-order valence-corrected chi connectivity index (χ3v) is 4.81. The van der Waals surface area contributed by atoms with Gasteiger partial charge in [0.1, 0.15) is 10.8 Å². The molecule has 1 aromatic heterocycles. The van der Waals surface area contributed by atoms with Crippen molar-refractivity contribution >= 4 is 29.3 Å². The first kappa shape index (κ1) is 18.6. The number of amides is 2. The van der Waals surface area contributed by atoms with Crippen molar-refractivity contribution in [2.24, 2.45) is 5.73 Å². The summed E-state index contributed by atoms with van der Waals surface area (Å²) in [7, 11) is 0. The second kappa shape index (κ2) is 8.01. The predicted molar refractivity (Wildman–Crippen MR) is 102 cm³/mol. The predicted octanol–water partition coefficient (Wildman–Crippen LogP) is 4.03. The number of nitrogens with two attached hydrogens (primary N) is 1. The summed E-state index contributed by atoms with van der Waals surface area (Å²) < 4.78 is 13.9. The van der Waals surface area contributed by atoms with Crippen LogP contribution in [0.4, 0.5) is 10.1 Å². The van der Waals surface area contributed by atoms with Crippen molar-refractivity contribution in [1.29, 1.82) is 0 Å². The lowest BCUT2D eigenvalue weighted by Crippen LogP contribution is -2.16. The molecule has 0 aliphatic carbocycles. The quantitative estimate of drug-likeness (QED) is 0.699. The molecule has 1 heterocycles. The Kier molecular flexibility index (Phi) is 5.52. The fourth-order valence-electron chi connectivity index (χ4n) is 2.35. The average Bonchev–Trinajstić information content (AvgIpc) is 2.66. The van der Waals surface area contributed by atoms with Gasteiger partial charge in [-0.2, -0.15) is 0 Å². The first-order valence-corrected chi connectivity index (χ1v) is 8.86. The Hall–Kier alpha value is -3.19. The average molecular weight is 381 g/mol. The number of aromatic nitrogens is 1. The summed E-state index contributed by atoms with van der Waals surface area (Å²) in [6, 6.07) is 15.0. The Labute approximate surface area is 159 Å². The van der Waals surface area contributed by atoms with Gasteiger partial charge < -0.3 is 11.1 Å². The molecule has 0 fully saturated rings. The van der Waals surface area contributed by atoms with Crippen LogP contribution in [0.5, 0.6) is 0 Å². The second-order valence-electron chi connectivity index (χ2n) is 5.74. The third-order valence-electron chi connectivity index (χ3n) is 3.85. The normalized spacial score (nSPS) is 10.4. The molecule has 2 aromatic carbocycles. The van der Waals surface area contributed by atoms with E-state index in [0.717, 1.165) is 16.0 Å². The van der Waals surface area contributed by atoms with Gasteiger partial charge in [0.25, 0.3) is 5.91 Å². The van der Waals surface area contributed by atoms with Crippen molar-refractivity contribution < 1.29 is 14.0 Å². The number of anilines is 1. The molecule has 0 unspecified atom stereocenters. The second-order valence-corrected chi connectivity index (χ2v) is 6.84. The Morgan fingerprint density at radius 3 is 2.44 bits per heavy atom. The number of hydrogen-bond acceptors (Lipinski definition) is 4. The molecule has 0 saturated heterocycles. The van der Waals surface area contributed by atoms with Crippen LogP contribution in [0.15, 0.2) is 70.7 Å². The lowest BCUT2D eigenvalue weighted by Gasteiger charge is -2.11. The molecule has 0 radical (unpaired) electrons. The minimum Gasteiger partial charge on any atom is -0.366 e. The fourth-order valence-corrected chi connectivity index (χ4v) is 3.12. The van der Waals surface area contributed by atoms with Crippen LogP contribution in [0.3, 0.4) is 0 Å². The molecule has 136 valence electrons. The van der Waals surface area contributed by atoms with Gasteiger partial charge in [-0.15, -0.1) is 0 Å². The van der Waals surface area contributed by atoms with Crippen LogP contribution >= 0.6 is 11.8 Å². The summed E-state index contributed by atoms with van der Waals surface area (Å²) in [6.07, 6.45) is 1.71. The molecule has 3 N–H and O–H groups in total. The van der Waals surface area contributed by atoms with Gasteiger partial charge in [-0.1, -0.05) is 17.8 Å². The van der Waals surface area contributed by atoms with Crippen LogP contribution in [-0.2, 0) is 0 Å². The number of halogens is 1. The largest absolute Gasteiger partial charge is 0.366 e. The molecule has 0 saturated carbocycles. The van der Waals surface area contributed by atoms with Crippen molar-refractivity contribution in [1.82, 2.24) is 4.98 Å². The summed E-state index contributed by atoms with van der Waals surface area (Å²) in [4.78, 5) is 28.9. The van der Waals surface area contributed by atoms with E-state index in [1.54, 1.807) is 18.3 Å². The Balaban J connectivity index is 1.76. The van der Waals surface area contributed by atoms with Crippen molar-refractivity contribution in [3.8, 4) is 0 Å². The number of rotatable bonds is 5. The van der Waals surface area contributed by atoms with Crippen molar-refractivity contribution in [3.63, 3.8) is 0 Å². The fraction of sp³-hybridized carbons (Fsp3) is 0.0500. The molecule has 2 amide bonds. The first-order chi connectivity index (χ1) is 12.9. The molecule has 0 spiro atoms. The molecule has 7 heteroatoms. The maximum atomic E-state index is 13.9. The highest BCUT2D eigenvalue weighted by Gasteiger charge is 2.14. The monoisotopic (exact) mass is 381 g/mol. The molecule has 0 atom stereocenters. The minimum atomic E-state index is -0.764. The number of nitrogens with zero attached hydrogens (tertiary/aromatic N) is 1. The lowest BCUT2D eigenvalue weighted by molar-refractivity contribution is 0.0995. The van der Waals surface area contributed by atoms with Crippen LogP contribution in [-0.4, -0.2) is 16.8 Å². The Morgan fingerprint density at radius 2 is 1.81 bits per heavy atom. The zero-order valence-electron chi connectivity index (χ0n) is 14.4. The Morgan fingerprint density at radius 1 is 1.07 bits per heavy atom. The summed E-state index contributed by atoms with van der Waals surface area (Å²) in [5.74, 6) is -1.78. The molecule has 27 heavy (non-hydrogen) atoms. The Bertz CT molecular complexity index is 992. The van der Waals surface area contributed by atoms with E-state index in [-0.39, 0.29) is 16.8 Å². The maximum absolute atomic E-state index is 13.9. The highest BCUT2D eigenvalue weighted by atomic mass is 32.2. The summed E-state index contributed by atoms with van der Waals surface area (Å²) >= 11 is 1.48. The number of carbonyl (C=O) groups is 2. The van der Waals surface area contributed by atoms with Crippen LogP contribution in [0.2, 0.25) is 0 Å². The smallest absolute Gasteiger partial charge is 0.255 e. The van der Waals surface area contributed by atoms with Crippen LogP contribution in [0.1, 0.15) is 26.3 Å². The number of pyridine rings is 1. The van der Waals surface area contributed by atoms with Crippen LogP contribution in [0.25, 0.3) is 0 Å². The highest BCUT2D eigenvalue weighted by Crippen LogP contribution is 2.26. The number of benzene rings is 2. The minimum absolute atomic E-state index is 0.00416. The zero-order chi connectivity index (χ0) is 19.4. The van der Waals surface area contributed by atoms with Gasteiger partial charge in [-0.05, 0) is 55.5 Å². The van der Waals surface area contributed by atoms with E-state index < -0.39 is 17.6 Å². The molecular formula is C20H16FN3O2S. The van der Waals surface area contributed by atoms with E-state index in [9.17, 15) is 14.0 Å². The summed E-state index contributed by atoms with van der Waals surface area (Å²) in [5.41, 5.74) is 6.04. The molecule has 5 nitrogen and oxygen atoms in total. The van der Waals surface area contributed by atoms with Gasteiger partial charge in [0, 0.05) is 33.5 Å². The van der Waals surface area contributed by atoms with E-state index in [2.05, 4.69) is 10.3 Å². The molecule has 0 bridgehead atoms. The van der Waals surface area contributed by atoms with E-state index in [1.807, 2.05) is 30.3 Å². The third kappa shape index (κ3) is 4.51. The lowest BCUT2D eigenvalue weighted by atomic mass is 10.1. The molecule has 0 aliphatic rings. The number of nitrogens with one attached hydrogen (secondary N) is 1. The van der Waals surface area contributed by atoms with E-state index in [0.29, 0.717) is 5.56 Å². The topological polar surface area (TPSA) is 85.1 Å². The van der Waals surface area contributed by atoms with Gasteiger partial charge in [-0.25, -0.2) is 9.37 Å². The summed E-state index contributed by atoms with van der Waals surface area (Å²) in [5, 5.41) is 3.48. The van der Waals surface area contributed by atoms with Gasteiger partial charge >= 0.3 is 0 Å². The molecule has 3 aromatic rings. The SMILES string of the molecule is Cc1c(F)cc(C(N)=O)cc1NC(=O)c1ccc(Sc2ccccn2)cc1. The van der Waals surface area contributed by atoms with E-state index >= 15 is 0 Å². The van der Waals surface area contributed by atoms with Crippen molar-refractivity contribution in [2.45, 2.75) is 16.8 Å². The molecular weight excluding hydrogens is 365 g/mol. The van der Waals surface area contributed by atoms with Crippen LogP contribution in [0, 0.1) is 12.7 Å².